The van der Waals surface area contributed by atoms with Gasteiger partial charge >= 0.3 is 6.01 Å². The van der Waals surface area contributed by atoms with Gasteiger partial charge in [-0.3, -0.25) is 0 Å². The fourth-order valence-corrected chi connectivity index (χ4v) is 1.98. The summed E-state index contributed by atoms with van der Waals surface area (Å²) in [5.41, 5.74) is 0. The molecule has 0 aromatic carbocycles. The second-order valence-corrected chi connectivity index (χ2v) is 4.12. The number of rotatable bonds is 4. The van der Waals surface area contributed by atoms with Crippen molar-refractivity contribution in [2.45, 2.75) is 18.9 Å². The summed E-state index contributed by atoms with van der Waals surface area (Å²) in [6.07, 6.45) is 2.31. The van der Waals surface area contributed by atoms with Crippen LogP contribution in [-0.2, 0) is 4.74 Å². The van der Waals surface area contributed by atoms with Gasteiger partial charge in [0.15, 0.2) is 0 Å². The Morgan fingerprint density at radius 2 is 1.89 bits per heavy atom. The molecule has 0 spiro atoms. The highest BCUT2D eigenvalue weighted by Crippen LogP contribution is 2.20. The molecule has 1 aliphatic heterocycles. The van der Waals surface area contributed by atoms with Crippen molar-refractivity contribution < 1.29 is 9.47 Å². The number of nitrogens with one attached hydrogen (secondary N) is 1. The molecule has 0 aliphatic carbocycles. The fourth-order valence-electron chi connectivity index (χ4n) is 1.98. The van der Waals surface area contributed by atoms with Crippen molar-refractivity contribution in [3.8, 4) is 6.01 Å². The Morgan fingerprint density at radius 1 is 1.17 bits per heavy atom. The SMILES string of the molecule is CNc1nc(OC)nc(N2CCC(OC)CC2)n1. The highest BCUT2D eigenvalue weighted by atomic mass is 16.5. The van der Waals surface area contributed by atoms with Crippen LogP contribution in [0.2, 0.25) is 0 Å². The lowest BCUT2D eigenvalue weighted by Gasteiger charge is -2.31. The van der Waals surface area contributed by atoms with Gasteiger partial charge in [-0.1, -0.05) is 0 Å². The predicted octanol–water partition coefficient (Wildman–Crippen LogP) is 0.537. The molecule has 2 heterocycles. The van der Waals surface area contributed by atoms with Crippen molar-refractivity contribution in [3.63, 3.8) is 0 Å². The first-order valence-electron chi connectivity index (χ1n) is 6.02. The van der Waals surface area contributed by atoms with Crippen LogP contribution in [0.25, 0.3) is 0 Å². The molecule has 0 atom stereocenters. The molecule has 1 aromatic rings. The Bertz CT molecular complexity index is 371. The molecule has 1 aromatic heterocycles. The molecule has 0 radical (unpaired) electrons. The summed E-state index contributed by atoms with van der Waals surface area (Å²) in [5.74, 6) is 1.17. The van der Waals surface area contributed by atoms with Crippen LogP contribution in [0.1, 0.15) is 12.8 Å². The third-order valence-corrected chi connectivity index (χ3v) is 3.07. The highest BCUT2D eigenvalue weighted by Gasteiger charge is 2.21. The van der Waals surface area contributed by atoms with Gasteiger partial charge in [-0.25, -0.2) is 0 Å². The minimum atomic E-state index is 0.332. The molecular weight excluding hydrogens is 234 g/mol. The molecule has 100 valence electrons. The molecule has 0 unspecified atom stereocenters. The Morgan fingerprint density at radius 3 is 2.44 bits per heavy atom. The van der Waals surface area contributed by atoms with Crippen molar-refractivity contribution in [3.05, 3.63) is 0 Å². The number of hydrogen-bond acceptors (Lipinski definition) is 7. The quantitative estimate of drug-likeness (QED) is 0.839. The summed E-state index contributed by atoms with van der Waals surface area (Å²) in [6, 6.07) is 0.332. The maximum atomic E-state index is 5.35. The summed E-state index contributed by atoms with van der Waals surface area (Å²) in [7, 11) is 5.08. The van der Waals surface area contributed by atoms with Crippen LogP contribution in [0, 0.1) is 0 Å². The van der Waals surface area contributed by atoms with Gasteiger partial charge in [0.2, 0.25) is 11.9 Å². The molecule has 1 aliphatic rings. The average Bonchev–Trinajstić information content (AvgIpc) is 2.46. The molecule has 1 fully saturated rings. The lowest BCUT2D eigenvalue weighted by Crippen LogP contribution is -2.37. The van der Waals surface area contributed by atoms with E-state index in [1.54, 1.807) is 21.3 Å². The Balaban J connectivity index is 2.13. The second kappa shape index (κ2) is 5.81. The van der Waals surface area contributed by atoms with Crippen molar-refractivity contribution in [2.75, 3.05) is 44.6 Å². The summed E-state index contributed by atoms with van der Waals surface area (Å²) >= 11 is 0. The zero-order valence-corrected chi connectivity index (χ0v) is 11.0. The van der Waals surface area contributed by atoms with Crippen molar-refractivity contribution in [1.82, 2.24) is 15.0 Å². The topological polar surface area (TPSA) is 72.4 Å². The largest absolute Gasteiger partial charge is 0.467 e. The van der Waals surface area contributed by atoms with E-state index in [1.165, 1.54) is 0 Å². The van der Waals surface area contributed by atoms with E-state index in [2.05, 4.69) is 25.2 Å². The van der Waals surface area contributed by atoms with E-state index in [9.17, 15) is 0 Å². The van der Waals surface area contributed by atoms with E-state index < -0.39 is 0 Å². The van der Waals surface area contributed by atoms with Gasteiger partial charge in [0.25, 0.3) is 0 Å². The standard InChI is InChI=1S/C11H19N5O2/c1-12-9-13-10(15-11(14-9)18-3)16-6-4-8(17-2)5-7-16/h8H,4-7H2,1-3H3,(H,12,13,14,15). The minimum absolute atomic E-state index is 0.332. The Labute approximate surface area is 107 Å². The zero-order valence-electron chi connectivity index (χ0n) is 11.0. The molecule has 18 heavy (non-hydrogen) atoms. The first-order valence-corrected chi connectivity index (χ1v) is 6.02. The molecule has 2 rings (SSSR count). The highest BCUT2D eigenvalue weighted by molar-refractivity contribution is 5.38. The van der Waals surface area contributed by atoms with Crippen molar-refractivity contribution >= 4 is 11.9 Å². The lowest BCUT2D eigenvalue weighted by atomic mass is 10.1. The molecule has 7 nitrogen and oxygen atoms in total. The maximum Gasteiger partial charge on any atom is 0.322 e. The van der Waals surface area contributed by atoms with Crippen LogP contribution in [0.4, 0.5) is 11.9 Å². The summed E-state index contributed by atoms with van der Waals surface area (Å²) in [5, 5.41) is 2.91. The number of aromatic nitrogens is 3. The predicted molar refractivity (Wildman–Crippen MR) is 68.2 cm³/mol. The Kier molecular flexibility index (Phi) is 4.14. The number of ether oxygens (including phenoxy) is 2. The van der Waals surface area contributed by atoms with E-state index in [4.69, 9.17) is 9.47 Å². The van der Waals surface area contributed by atoms with Crippen molar-refractivity contribution in [2.24, 2.45) is 0 Å². The molecule has 1 saturated heterocycles. The molecule has 1 N–H and O–H groups in total. The van der Waals surface area contributed by atoms with Gasteiger partial charge < -0.3 is 19.7 Å². The third-order valence-electron chi connectivity index (χ3n) is 3.07. The number of hydrogen-bond donors (Lipinski definition) is 1. The van der Waals surface area contributed by atoms with E-state index in [0.717, 1.165) is 25.9 Å². The number of nitrogens with zero attached hydrogens (tertiary/aromatic N) is 4. The summed E-state index contributed by atoms with van der Waals surface area (Å²) in [4.78, 5) is 14.8. The van der Waals surface area contributed by atoms with Crippen LogP contribution < -0.4 is 15.0 Å². The van der Waals surface area contributed by atoms with Crippen LogP contribution in [0.15, 0.2) is 0 Å². The van der Waals surface area contributed by atoms with Crippen LogP contribution in [-0.4, -0.2) is 55.4 Å². The smallest absolute Gasteiger partial charge is 0.322 e. The third kappa shape index (κ3) is 2.79. The van der Waals surface area contributed by atoms with Gasteiger partial charge in [0, 0.05) is 27.2 Å². The van der Waals surface area contributed by atoms with Crippen LogP contribution in [0.5, 0.6) is 6.01 Å². The average molecular weight is 253 g/mol. The van der Waals surface area contributed by atoms with E-state index in [0.29, 0.717) is 24.0 Å². The van der Waals surface area contributed by atoms with Gasteiger partial charge in [-0.05, 0) is 12.8 Å². The molecule has 0 saturated carbocycles. The Hall–Kier alpha value is -1.63. The van der Waals surface area contributed by atoms with Crippen molar-refractivity contribution in [1.29, 1.82) is 0 Å². The van der Waals surface area contributed by atoms with Gasteiger partial charge in [-0.15, -0.1) is 0 Å². The summed E-state index contributed by atoms with van der Waals surface area (Å²) < 4.78 is 10.4. The van der Waals surface area contributed by atoms with Gasteiger partial charge in [0.1, 0.15) is 0 Å². The molecule has 0 bridgehead atoms. The number of methoxy groups -OCH3 is 2. The monoisotopic (exact) mass is 253 g/mol. The minimum Gasteiger partial charge on any atom is -0.467 e. The number of piperidine rings is 1. The van der Waals surface area contributed by atoms with Gasteiger partial charge in [0.05, 0.1) is 13.2 Å². The maximum absolute atomic E-state index is 5.35. The fraction of sp³-hybridized carbons (Fsp3) is 0.727. The first kappa shape index (κ1) is 12.8. The van der Waals surface area contributed by atoms with E-state index in [-0.39, 0.29) is 0 Å². The van der Waals surface area contributed by atoms with E-state index >= 15 is 0 Å². The normalized spacial score (nSPS) is 16.7. The van der Waals surface area contributed by atoms with Crippen LogP contribution in [0.3, 0.4) is 0 Å². The lowest BCUT2D eigenvalue weighted by molar-refractivity contribution is 0.0816. The van der Waals surface area contributed by atoms with Gasteiger partial charge in [-0.2, -0.15) is 15.0 Å². The molecular formula is C11H19N5O2. The molecule has 7 heteroatoms. The second-order valence-electron chi connectivity index (χ2n) is 4.12. The summed E-state index contributed by atoms with van der Waals surface area (Å²) in [6.45, 7) is 1.77. The van der Waals surface area contributed by atoms with Crippen LogP contribution >= 0.6 is 0 Å². The number of anilines is 2. The first-order chi connectivity index (χ1) is 8.76. The zero-order chi connectivity index (χ0) is 13.0. The van der Waals surface area contributed by atoms with E-state index in [1.807, 2.05) is 0 Å². The molecule has 0 amide bonds.